The molecule has 1 aromatic rings. The molecule has 1 aromatic heterocycles. The summed E-state index contributed by atoms with van der Waals surface area (Å²) in [6.45, 7) is 0. The minimum atomic E-state index is -1.94. The van der Waals surface area contributed by atoms with Crippen LogP contribution in [0.3, 0.4) is 0 Å². The van der Waals surface area contributed by atoms with Crippen LogP contribution in [0, 0.1) is 0 Å². The van der Waals surface area contributed by atoms with Crippen molar-refractivity contribution in [1.29, 1.82) is 0 Å². The van der Waals surface area contributed by atoms with Gasteiger partial charge in [-0.05, 0) is 0 Å². The third-order valence-electron chi connectivity index (χ3n) is 2.45. The van der Waals surface area contributed by atoms with Crippen LogP contribution >= 0.6 is 0 Å². The summed E-state index contributed by atoms with van der Waals surface area (Å²) in [5, 5.41) is 8.66. The van der Waals surface area contributed by atoms with Crippen molar-refractivity contribution in [2.45, 2.75) is 33.6 Å². The van der Waals surface area contributed by atoms with Gasteiger partial charge < -0.3 is 0 Å². The third-order valence-corrected chi connectivity index (χ3v) is 7.60. The number of hydrogen-bond donors (Lipinski definition) is 0. The first-order chi connectivity index (χ1) is 6.07. The maximum atomic E-state index is 4.35. The molecular formula is C10H16N2Sn. The molecule has 2 rings (SSSR count). The molecule has 1 fully saturated rings. The zero-order valence-corrected chi connectivity index (χ0v) is 11.4. The quantitative estimate of drug-likeness (QED) is 0.775. The van der Waals surface area contributed by atoms with Crippen molar-refractivity contribution < 1.29 is 0 Å². The second-order valence-corrected chi connectivity index (χ2v) is 19.2. The Morgan fingerprint density at radius 2 is 1.85 bits per heavy atom. The van der Waals surface area contributed by atoms with Crippen LogP contribution < -0.4 is 3.71 Å². The van der Waals surface area contributed by atoms with Crippen molar-refractivity contribution in [3.05, 3.63) is 17.8 Å². The van der Waals surface area contributed by atoms with E-state index in [4.69, 9.17) is 0 Å². The first kappa shape index (κ1) is 9.43. The molecule has 0 atom stereocenters. The molecule has 0 amide bonds. The first-order valence-corrected chi connectivity index (χ1v) is 14.9. The molecule has 0 saturated heterocycles. The predicted octanol–water partition coefficient (Wildman–Crippen LogP) is 1.90. The van der Waals surface area contributed by atoms with Gasteiger partial charge in [-0.3, -0.25) is 0 Å². The summed E-state index contributed by atoms with van der Waals surface area (Å²) in [5.74, 6) is 0.733. The molecule has 0 radical (unpaired) electrons. The summed E-state index contributed by atoms with van der Waals surface area (Å²) in [6.07, 6.45) is 2.62. The Hall–Kier alpha value is -0.121. The van der Waals surface area contributed by atoms with Crippen LogP contribution in [0.5, 0.6) is 0 Å². The van der Waals surface area contributed by atoms with Crippen LogP contribution in [0.1, 0.15) is 24.5 Å². The zero-order chi connectivity index (χ0) is 9.47. The van der Waals surface area contributed by atoms with Crippen molar-refractivity contribution in [2.75, 3.05) is 0 Å². The van der Waals surface area contributed by atoms with E-state index in [2.05, 4.69) is 37.1 Å². The van der Waals surface area contributed by atoms with Gasteiger partial charge in [-0.2, -0.15) is 0 Å². The van der Waals surface area contributed by atoms with Crippen molar-refractivity contribution in [3.63, 3.8) is 0 Å². The third kappa shape index (κ3) is 2.21. The van der Waals surface area contributed by atoms with E-state index in [1.54, 1.807) is 0 Å². The monoisotopic (exact) mass is 284 g/mol. The Morgan fingerprint density at radius 3 is 2.23 bits per heavy atom. The molecule has 0 spiro atoms. The molecule has 3 heteroatoms. The standard InChI is InChI=1S/C7H7N2.3CH3.Sn/c1-2-7(6-3-4-6)9-8-5-1;;;;/h1-2,6H,3-4H2;3*1H3;. The SMILES string of the molecule is [CH3][Sn]([CH3])([CH3])[c]1ccc(C2CC2)nn1. The van der Waals surface area contributed by atoms with Crippen LogP contribution in [0.25, 0.3) is 0 Å². The summed E-state index contributed by atoms with van der Waals surface area (Å²) in [4.78, 5) is 7.11. The number of nitrogens with zero attached hydrogens (tertiary/aromatic N) is 2. The first-order valence-electron chi connectivity index (χ1n) is 4.91. The van der Waals surface area contributed by atoms with Gasteiger partial charge in [0.05, 0.1) is 0 Å². The van der Waals surface area contributed by atoms with Crippen LogP contribution in [0.2, 0.25) is 14.8 Å². The predicted molar refractivity (Wildman–Crippen MR) is 57.0 cm³/mol. The van der Waals surface area contributed by atoms with Gasteiger partial charge in [-0.15, -0.1) is 0 Å². The van der Waals surface area contributed by atoms with Crippen molar-refractivity contribution in [2.24, 2.45) is 0 Å². The van der Waals surface area contributed by atoms with E-state index in [0.29, 0.717) is 0 Å². The zero-order valence-electron chi connectivity index (χ0n) is 8.54. The number of rotatable bonds is 2. The van der Waals surface area contributed by atoms with E-state index in [9.17, 15) is 0 Å². The Bertz CT molecular complexity index is 296. The minimum absolute atomic E-state index is 0.733. The summed E-state index contributed by atoms with van der Waals surface area (Å²) < 4.78 is 1.29. The average Bonchev–Trinajstić information content (AvgIpc) is 2.85. The molecule has 0 bridgehead atoms. The van der Waals surface area contributed by atoms with Gasteiger partial charge in [-0.1, -0.05) is 0 Å². The van der Waals surface area contributed by atoms with E-state index in [-0.39, 0.29) is 0 Å². The van der Waals surface area contributed by atoms with Crippen molar-refractivity contribution >= 4 is 22.1 Å². The second-order valence-electron chi connectivity index (χ2n) is 4.87. The second kappa shape index (κ2) is 3.22. The molecule has 0 aromatic carbocycles. The molecule has 13 heavy (non-hydrogen) atoms. The van der Waals surface area contributed by atoms with E-state index in [1.807, 2.05) is 0 Å². The Labute approximate surface area is 83.6 Å². The van der Waals surface area contributed by atoms with E-state index >= 15 is 0 Å². The van der Waals surface area contributed by atoms with Gasteiger partial charge >= 0.3 is 83.7 Å². The molecular weight excluding hydrogens is 267 g/mol. The topological polar surface area (TPSA) is 25.8 Å². The fourth-order valence-electron chi connectivity index (χ4n) is 1.34. The van der Waals surface area contributed by atoms with Gasteiger partial charge in [0.15, 0.2) is 0 Å². The fourth-order valence-corrected chi connectivity index (χ4v) is 4.00. The summed E-state index contributed by atoms with van der Waals surface area (Å²) in [5.41, 5.74) is 1.21. The Kier molecular flexibility index (Phi) is 2.34. The molecule has 0 unspecified atom stereocenters. The molecule has 0 N–H and O–H groups in total. The Morgan fingerprint density at radius 1 is 1.15 bits per heavy atom. The van der Waals surface area contributed by atoms with Gasteiger partial charge in [0.2, 0.25) is 0 Å². The van der Waals surface area contributed by atoms with Gasteiger partial charge in [0.25, 0.3) is 0 Å². The maximum absolute atomic E-state index is 4.35. The number of hydrogen-bond acceptors (Lipinski definition) is 2. The number of aromatic nitrogens is 2. The van der Waals surface area contributed by atoms with Crippen molar-refractivity contribution in [3.8, 4) is 0 Å². The van der Waals surface area contributed by atoms with E-state index < -0.39 is 18.4 Å². The molecule has 2 nitrogen and oxygen atoms in total. The summed E-state index contributed by atoms with van der Waals surface area (Å²) in [7, 11) is 0. The van der Waals surface area contributed by atoms with Gasteiger partial charge in [0, 0.05) is 0 Å². The molecule has 70 valence electrons. The van der Waals surface area contributed by atoms with Gasteiger partial charge in [0.1, 0.15) is 0 Å². The molecule has 1 heterocycles. The van der Waals surface area contributed by atoms with Crippen LogP contribution in [0.4, 0.5) is 0 Å². The molecule has 1 aliphatic rings. The van der Waals surface area contributed by atoms with E-state index in [1.165, 1.54) is 22.2 Å². The fraction of sp³-hybridized carbons (Fsp3) is 0.600. The average molecular weight is 283 g/mol. The van der Waals surface area contributed by atoms with Crippen LogP contribution in [0.15, 0.2) is 12.1 Å². The van der Waals surface area contributed by atoms with E-state index in [0.717, 1.165) is 5.92 Å². The molecule has 1 saturated carbocycles. The summed E-state index contributed by atoms with van der Waals surface area (Å²) >= 11 is -1.94. The van der Waals surface area contributed by atoms with Crippen LogP contribution in [-0.4, -0.2) is 28.6 Å². The molecule has 1 aliphatic carbocycles. The normalized spacial score (nSPS) is 17.5. The molecule has 0 aliphatic heterocycles. The van der Waals surface area contributed by atoms with Gasteiger partial charge in [-0.25, -0.2) is 0 Å². The Balaban J connectivity index is 2.22. The van der Waals surface area contributed by atoms with Crippen LogP contribution in [-0.2, 0) is 0 Å². The van der Waals surface area contributed by atoms with Crippen molar-refractivity contribution in [1.82, 2.24) is 10.2 Å². The summed E-state index contributed by atoms with van der Waals surface area (Å²) in [6, 6.07) is 4.39.